The van der Waals surface area contributed by atoms with Crippen LogP contribution in [0, 0.1) is 11.8 Å². The maximum Gasteiger partial charge on any atom is 0.0435 e. The van der Waals surface area contributed by atoms with E-state index < -0.39 is 0 Å². The summed E-state index contributed by atoms with van der Waals surface area (Å²) in [4.78, 5) is 4.41. The van der Waals surface area contributed by atoms with Gasteiger partial charge < -0.3 is 0 Å². The summed E-state index contributed by atoms with van der Waals surface area (Å²) in [5.41, 5.74) is 2.81. The Morgan fingerprint density at radius 2 is 2.31 bits per heavy atom. The van der Waals surface area contributed by atoms with Crippen molar-refractivity contribution in [1.82, 2.24) is 4.98 Å². The van der Waals surface area contributed by atoms with E-state index >= 15 is 0 Å². The smallest absolute Gasteiger partial charge is 0.0435 e. The van der Waals surface area contributed by atoms with Crippen LogP contribution in [0.5, 0.6) is 0 Å². The Labute approximate surface area is 80.2 Å². The maximum absolute atomic E-state index is 4.41. The Morgan fingerprint density at radius 3 is 3.08 bits per heavy atom. The summed E-state index contributed by atoms with van der Waals surface area (Å²) in [6.45, 7) is 4.65. The van der Waals surface area contributed by atoms with Crippen molar-refractivity contribution in [2.75, 3.05) is 0 Å². The van der Waals surface area contributed by atoms with E-state index in [1.54, 1.807) is 0 Å². The first-order valence-electron chi connectivity index (χ1n) is 5.20. The van der Waals surface area contributed by atoms with Gasteiger partial charge in [-0.25, -0.2) is 0 Å². The van der Waals surface area contributed by atoms with Crippen LogP contribution >= 0.6 is 0 Å². The average molecular weight is 175 g/mol. The fraction of sp³-hybridized carbons (Fsp3) is 0.583. The van der Waals surface area contributed by atoms with Gasteiger partial charge in [0.1, 0.15) is 0 Å². The van der Waals surface area contributed by atoms with Crippen LogP contribution in [-0.2, 0) is 12.8 Å². The van der Waals surface area contributed by atoms with E-state index in [-0.39, 0.29) is 0 Å². The van der Waals surface area contributed by atoms with Gasteiger partial charge in [-0.3, -0.25) is 4.98 Å². The largest absolute Gasteiger partial charge is 0.261 e. The number of aromatic nitrogens is 1. The van der Waals surface area contributed by atoms with Crippen LogP contribution in [0.1, 0.15) is 31.5 Å². The molecule has 0 fully saturated rings. The van der Waals surface area contributed by atoms with E-state index in [2.05, 4.69) is 31.0 Å². The molecule has 0 saturated heterocycles. The van der Waals surface area contributed by atoms with Gasteiger partial charge in [-0.15, -0.1) is 0 Å². The summed E-state index contributed by atoms with van der Waals surface area (Å²) < 4.78 is 0. The maximum atomic E-state index is 4.41. The molecule has 0 aromatic carbocycles. The first-order chi connectivity index (χ1) is 6.27. The average Bonchev–Trinajstić information content (AvgIpc) is 2.17. The molecule has 13 heavy (non-hydrogen) atoms. The van der Waals surface area contributed by atoms with Crippen molar-refractivity contribution in [2.45, 2.75) is 33.1 Å². The first kappa shape index (κ1) is 8.74. The van der Waals surface area contributed by atoms with Crippen LogP contribution in [0.25, 0.3) is 0 Å². The molecule has 1 nitrogen and oxygen atoms in total. The molecule has 70 valence electrons. The zero-order valence-electron chi connectivity index (χ0n) is 8.46. The van der Waals surface area contributed by atoms with E-state index in [9.17, 15) is 0 Å². The summed E-state index contributed by atoms with van der Waals surface area (Å²) in [6, 6.07) is 4.29. The van der Waals surface area contributed by atoms with Crippen LogP contribution < -0.4 is 0 Å². The summed E-state index contributed by atoms with van der Waals surface area (Å²) in [6.07, 6.45) is 5.65. The number of fused-ring (bicyclic) bond motifs is 1. The fourth-order valence-corrected chi connectivity index (χ4v) is 2.16. The van der Waals surface area contributed by atoms with Crippen LogP contribution in [0.2, 0.25) is 0 Å². The van der Waals surface area contributed by atoms with Crippen molar-refractivity contribution in [3.63, 3.8) is 0 Å². The molecule has 1 aromatic rings. The van der Waals surface area contributed by atoms with Crippen LogP contribution in [0.3, 0.4) is 0 Å². The normalized spacial score (nSPS) is 21.6. The van der Waals surface area contributed by atoms with Gasteiger partial charge in [-0.2, -0.15) is 0 Å². The highest BCUT2D eigenvalue weighted by atomic mass is 14.7. The van der Waals surface area contributed by atoms with Crippen molar-refractivity contribution in [3.05, 3.63) is 29.6 Å². The minimum atomic E-state index is 0.813. The third-order valence-electron chi connectivity index (χ3n) is 3.16. The lowest BCUT2D eigenvalue weighted by Gasteiger charge is -2.26. The topological polar surface area (TPSA) is 12.9 Å². The van der Waals surface area contributed by atoms with E-state index in [1.807, 2.05) is 6.20 Å². The minimum absolute atomic E-state index is 0.813. The Kier molecular flexibility index (Phi) is 2.34. The van der Waals surface area contributed by atoms with E-state index in [4.69, 9.17) is 0 Å². The molecule has 0 bridgehead atoms. The van der Waals surface area contributed by atoms with E-state index in [0.29, 0.717) is 0 Å². The molecular weight excluding hydrogens is 158 g/mol. The Bertz CT molecular complexity index is 291. The summed E-state index contributed by atoms with van der Waals surface area (Å²) in [5.74, 6) is 1.69. The molecule has 1 heterocycles. The molecule has 0 saturated carbocycles. The van der Waals surface area contributed by atoms with Crippen molar-refractivity contribution in [3.8, 4) is 0 Å². The van der Waals surface area contributed by atoms with Crippen molar-refractivity contribution in [2.24, 2.45) is 11.8 Å². The van der Waals surface area contributed by atoms with Crippen LogP contribution in [0.15, 0.2) is 18.3 Å². The highest BCUT2D eigenvalue weighted by Crippen LogP contribution is 2.28. The lowest BCUT2D eigenvalue weighted by Crippen LogP contribution is -2.19. The number of pyridine rings is 1. The van der Waals surface area contributed by atoms with Gasteiger partial charge in [0, 0.05) is 11.9 Å². The zero-order chi connectivity index (χ0) is 9.26. The first-order valence-corrected chi connectivity index (χ1v) is 5.20. The SMILES string of the molecule is CC(C)C1CCc2ncccc2C1. The molecule has 0 amide bonds. The number of hydrogen-bond acceptors (Lipinski definition) is 1. The molecule has 0 N–H and O–H groups in total. The van der Waals surface area contributed by atoms with Gasteiger partial charge >= 0.3 is 0 Å². The quantitative estimate of drug-likeness (QED) is 0.639. The fourth-order valence-electron chi connectivity index (χ4n) is 2.16. The molecule has 0 radical (unpaired) electrons. The van der Waals surface area contributed by atoms with Gasteiger partial charge in [0.05, 0.1) is 0 Å². The standard InChI is InChI=1S/C12H17N/c1-9(2)10-5-6-12-11(8-10)4-3-7-13-12/h3-4,7,9-10H,5-6,8H2,1-2H3. The molecule has 0 aliphatic heterocycles. The highest BCUT2D eigenvalue weighted by Gasteiger charge is 2.21. The van der Waals surface area contributed by atoms with Crippen LogP contribution in [-0.4, -0.2) is 4.98 Å². The Balaban J connectivity index is 2.20. The second kappa shape index (κ2) is 3.49. The van der Waals surface area contributed by atoms with Crippen molar-refractivity contribution >= 4 is 0 Å². The monoisotopic (exact) mass is 175 g/mol. The highest BCUT2D eigenvalue weighted by molar-refractivity contribution is 5.23. The lowest BCUT2D eigenvalue weighted by molar-refractivity contribution is 0.340. The molecule has 0 spiro atoms. The predicted molar refractivity (Wildman–Crippen MR) is 54.6 cm³/mol. The van der Waals surface area contributed by atoms with Gasteiger partial charge in [-0.1, -0.05) is 19.9 Å². The predicted octanol–water partition coefficient (Wildman–Crippen LogP) is 2.84. The summed E-state index contributed by atoms with van der Waals surface area (Å²) >= 11 is 0. The summed E-state index contributed by atoms with van der Waals surface area (Å²) in [5, 5.41) is 0. The molecule has 1 aromatic heterocycles. The van der Waals surface area contributed by atoms with Crippen molar-refractivity contribution in [1.29, 1.82) is 0 Å². The van der Waals surface area contributed by atoms with E-state index in [1.165, 1.54) is 30.5 Å². The molecular formula is C12H17N. The third kappa shape index (κ3) is 1.74. The van der Waals surface area contributed by atoms with Gasteiger partial charge in [0.15, 0.2) is 0 Å². The second-order valence-corrected chi connectivity index (χ2v) is 4.36. The molecule has 1 atom stereocenters. The number of nitrogens with zero attached hydrogens (tertiary/aromatic N) is 1. The Hall–Kier alpha value is -0.850. The molecule has 1 unspecified atom stereocenters. The number of rotatable bonds is 1. The lowest BCUT2D eigenvalue weighted by atomic mass is 9.80. The van der Waals surface area contributed by atoms with Gasteiger partial charge in [-0.05, 0) is 42.7 Å². The second-order valence-electron chi connectivity index (χ2n) is 4.36. The van der Waals surface area contributed by atoms with Crippen LogP contribution in [0.4, 0.5) is 0 Å². The van der Waals surface area contributed by atoms with Gasteiger partial charge in [0.25, 0.3) is 0 Å². The third-order valence-corrected chi connectivity index (χ3v) is 3.16. The molecule has 1 aliphatic carbocycles. The van der Waals surface area contributed by atoms with Gasteiger partial charge in [0.2, 0.25) is 0 Å². The molecule has 1 aliphatic rings. The number of aryl methyl sites for hydroxylation is 1. The molecule has 2 rings (SSSR count). The van der Waals surface area contributed by atoms with E-state index in [0.717, 1.165) is 11.8 Å². The minimum Gasteiger partial charge on any atom is -0.261 e. The van der Waals surface area contributed by atoms with Crippen molar-refractivity contribution < 1.29 is 0 Å². The zero-order valence-corrected chi connectivity index (χ0v) is 8.46. The number of hydrogen-bond donors (Lipinski definition) is 0. The summed E-state index contributed by atoms with van der Waals surface area (Å²) in [7, 11) is 0. The Morgan fingerprint density at radius 1 is 1.46 bits per heavy atom. The molecule has 1 heteroatoms.